The third kappa shape index (κ3) is 5.99. The minimum Gasteiger partial charge on any atom is -0.545 e. The van der Waals surface area contributed by atoms with Crippen LogP contribution in [0.2, 0.25) is 0 Å². The molecule has 1 saturated heterocycles. The van der Waals surface area contributed by atoms with Crippen molar-refractivity contribution in [3.8, 4) is 5.75 Å². The van der Waals surface area contributed by atoms with E-state index in [1.54, 1.807) is 30.3 Å². The van der Waals surface area contributed by atoms with Crippen LogP contribution in [0.15, 0.2) is 59.5 Å². The molecule has 2 aromatic carbocycles. The minimum absolute atomic E-state index is 0.0792. The van der Waals surface area contributed by atoms with E-state index in [4.69, 9.17) is 9.47 Å². The number of amides is 1. The highest BCUT2D eigenvalue weighted by atomic mass is 32.2. The molecule has 0 aromatic heterocycles. The van der Waals surface area contributed by atoms with Crippen molar-refractivity contribution in [2.75, 3.05) is 48.4 Å². The van der Waals surface area contributed by atoms with Gasteiger partial charge in [-0.1, -0.05) is 0 Å². The summed E-state index contributed by atoms with van der Waals surface area (Å²) in [5.74, 6) is -1.67. The molecule has 0 radical (unpaired) electrons. The number of carboxylic acid groups (broad SMARTS) is 1. The summed E-state index contributed by atoms with van der Waals surface area (Å²) in [5, 5.41) is 13.1. The first-order valence-corrected chi connectivity index (χ1v) is 11.1. The highest BCUT2D eigenvalue weighted by molar-refractivity contribution is 7.92. The second-order valence-electron chi connectivity index (χ2n) is 6.75. The van der Waals surface area contributed by atoms with Gasteiger partial charge in [-0.3, -0.25) is 9.52 Å². The van der Waals surface area contributed by atoms with Gasteiger partial charge in [0.2, 0.25) is 5.91 Å². The monoisotopic (exact) mass is 460 g/mol. The Labute approximate surface area is 185 Å². The van der Waals surface area contributed by atoms with E-state index in [2.05, 4.69) is 10.0 Å². The molecule has 10 nitrogen and oxygen atoms in total. The van der Waals surface area contributed by atoms with Crippen molar-refractivity contribution in [2.45, 2.75) is 4.90 Å². The van der Waals surface area contributed by atoms with E-state index < -0.39 is 21.9 Å². The van der Waals surface area contributed by atoms with E-state index in [0.29, 0.717) is 49.5 Å². The lowest BCUT2D eigenvalue weighted by Crippen LogP contribution is -2.36. The number of anilines is 3. The highest BCUT2D eigenvalue weighted by Gasteiger charge is 2.21. The van der Waals surface area contributed by atoms with Crippen molar-refractivity contribution >= 4 is 39.0 Å². The maximum atomic E-state index is 12.9. The normalized spacial score (nSPS) is 14.2. The van der Waals surface area contributed by atoms with Gasteiger partial charge in [0.15, 0.2) is 0 Å². The number of aliphatic carboxylic acids is 1. The Hall–Kier alpha value is -3.57. The summed E-state index contributed by atoms with van der Waals surface area (Å²) in [6.45, 7) is 2.07. The number of carbonyl (C=O) groups is 2. The molecule has 1 aliphatic rings. The van der Waals surface area contributed by atoms with Crippen LogP contribution in [0.25, 0.3) is 0 Å². The summed E-state index contributed by atoms with van der Waals surface area (Å²) < 4.78 is 38.7. The Kier molecular flexibility index (Phi) is 7.33. The number of sulfonamides is 1. The Bertz CT molecular complexity index is 1110. The van der Waals surface area contributed by atoms with Gasteiger partial charge in [-0.05, 0) is 48.5 Å². The minimum atomic E-state index is -3.97. The molecule has 0 saturated carbocycles. The van der Waals surface area contributed by atoms with Crippen LogP contribution in [0.4, 0.5) is 17.1 Å². The number of hydrogen-bond donors (Lipinski definition) is 2. The van der Waals surface area contributed by atoms with Gasteiger partial charge in [-0.15, -0.1) is 0 Å². The van der Waals surface area contributed by atoms with E-state index in [0.717, 1.165) is 6.08 Å². The molecule has 0 spiro atoms. The second kappa shape index (κ2) is 10.2. The molecule has 2 aromatic rings. The zero-order chi connectivity index (χ0) is 23.1. The van der Waals surface area contributed by atoms with E-state index in [-0.39, 0.29) is 10.6 Å². The number of carboxylic acids is 1. The first-order valence-electron chi connectivity index (χ1n) is 9.62. The van der Waals surface area contributed by atoms with Crippen LogP contribution in [0.5, 0.6) is 5.75 Å². The lowest BCUT2D eigenvalue weighted by molar-refractivity contribution is -0.297. The number of nitrogens with one attached hydrogen (secondary N) is 2. The Morgan fingerprint density at radius 3 is 2.41 bits per heavy atom. The van der Waals surface area contributed by atoms with E-state index >= 15 is 0 Å². The number of morpholine rings is 1. The molecule has 11 heteroatoms. The fourth-order valence-electron chi connectivity index (χ4n) is 3.05. The lowest BCUT2D eigenvalue weighted by atomic mass is 10.2. The average molecular weight is 460 g/mol. The molecule has 0 aliphatic carbocycles. The van der Waals surface area contributed by atoms with Gasteiger partial charge in [-0.2, -0.15) is 0 Å². The van der Waals surface area contributed by atoms with E-state index in [9.17, 15) is 23.1 Å². The Morgan fingerprint density at radius 2 is 1.78 bits per heavy atom. The SMILES string of the molecule is COc1ccc(NS(=O)(=O)c2ccc(N3CCOCC3)c(NC(=O)/C=C/C(=O)[O-])c2)cc1. The quantitative estimate of drug-likeness (QED) is 0.546. The van der Waals surface area contributed by atoms with Gasteiger partial charge in [0.25, 0.3) is 10.0 Å². The third-order valence-corrected chi connectivity index (χ3v) is 5.98. The first kappa shape index (κ1) is 23.1. The summed E-state index contributed by atoms with van der Waals surface area (Å²) >= 11 is 0. The number of methoxy groups -OCH3 is 1. The number of hydrogen-bond acceptors (Lipinski definition) is 8. The van der Waals surface area contributed by atoms with Crippen LogP contribution in [0, 0.1) is 0 Å². The van der Waals surface area contributed by atoms with Crippen molar-refractivity contribution in [2.24, 2.45) is 0 Å². The summed E-state index contributed by atoms with van der Waals surface area (Å²) in [6.07, 6.45) is 1.39. The lowest BCUT2D eigenvalue weighted by Gasteiger charge is -2.30. The zero-order valence-corrected chi connectivity index (χ0v) is 18.1. The van der Waals surface area contributed by atoms with Crippen molar-refractivity contribution < 1.29 is 32.6 Å². The van der Waals surface area contributed by atoms with Gasteiger partial charge in [-0.25, -0.2) is 8.42 Å². The van der Waals surface area contributed by atoms with Crippen LogP contribution < -0.4 is 24.8 Å². The van der Waals surface area contributed by atoms with E-state index in [1.807, 2.05) is 4.90 Å². The summed E-state index contributed by atoms with van der Waals surface area (Å²) in [7, 11) is -2.46. The van der Waals surface area contributed by atoms with Gasteiger partial charge < -0.3 is 29.6 Å². The largest absolute Gasteiger partial charge is 0.545 e. The molecule has 0 bridgehead atoms. The predicted molar refractivity (Wildman–Crippen MR) is 116 cm³/mol. The standard InChI is InChI=1S/C21H23N3O7S/c1-30-16-4-2-15(3-5-16)23-32(28,29)17-6-7-19(24-10-12-31-13-11-24)18(14-17)22-20(25)8-9-21(26)27/h2-9,14,23H,10-13H2,1H3,(H,22,25)(H,26,27)/p-1/b9-8+. The summed E-state index contributed by atoms with van der Waals surface area (Å²) in [5.41, 5.74) is 1.15. The average Bonchev–Trinajstić information content (AvgIpc) is 2.78. The Morgan fingerprint density at radius 1 is 1.09 bits per heavy atom. The number of benzene rings is 2. The summed E-state index contributed by atoms with van der Waals surface area (Å²) in [4.78, 5) is 24.6. The molecule has 1 amide bonds. The molecular weight excluding hydrogens is 438 g/mol. The van der Waals surface area contributed by atoms with Crippen LogP contribution in [0.1, 0.15) is 0 Å². The molecule has 3 rings (SSSR count). The fraction of sp³-hybridized carbons (Fsp3) is 0.238. The van der Waals surface area contributed by atoms with E-state index in [1.165, 1.54) is 19.2 Å². The van der Waals surface area contributed by atoms with Crippen molar-refractivity contribution in [1.29, 1.82) is 0 Å². The van der Waals surface area contributed by atoms with Gasteiger partial charge in [0.05, 0.1) is 42.6 Å². The molecule has 0 atom stereocenters. The molecule has 0 unspecified atom stereocenters. The van der Waals surface area contributed by atoms with Crippen LogP contribution in [0.3, 0.4) is 0 Å². The Balaban J connectivity index is 1.91. The van der Waals surface area contributed by atoms with Crippen LogP contribution in [-0.4, -0.2) is 53.7 Å². The second-order valence-corrected chi connectivity index (χ2v) is 8.44. The third-order valence-electron chi connectivity index (χ3n) is 4.60. The van der Waals surface area contributed by atoms with Crippen molar-refractivity contribution in [3.05, 3.63) is 54.6 Å². The van der Waals surface area contributed by atoms with Gasteiger partial charge in [0.1, 0.15) is 5.75 Å². The number of ether oxygens (including phenoxy) is 2. The highest BCUT2D eigenvalue weighted by Crippen LogP contribution is 2.30. The fourth-order valence-corrected chi connectivity index (χ4v) is 4.14. The number of rotatable bonds is 8. The maximum Gasteiger partial charge on any atom is 0.261 e. The molecule has 1 aliphatic heterocycles. The maximum absolute atomic E-state index is 12.9. The van der Waals surface area contributed by atoms with Crippen molar-refractivity contribution in [1.82, 2.24) is 0 Å². The summed E-state index contributed by atoms with van der Waals surface area (Å²) in [6, 6.07) is 10.7. The number of carbonyl (C=O) groups excluding carboxylic acids is 2. The predicted octanol–water partition coefficient (Wildman–Crippen LogP) is 0.577. The molecule has 1 fully saturated rings. The van der Waals surface area contributed by atoms with Crippen molar-refractivity contribution in [3.63, 3.8) is 0 Å². The smallest absolute Gasteiger partial charge is 0.261 e. The molecular formula is C21H22N3O7S-. The molecule has 2 N–H and O–H groups in total. The molecule has 32 heavy (non-hydrogen) atoms. The van der Waals surface area contributed by atoms with Gasteiger partial charge >= 0.3 is 0 Å². The first-order chi connectivity index (χ1) is 15.3. The van der Waals surface area contributed by atoms with Crippen LogP contribution >= 0.6 is 0 Å². The number of nitrogens with zero attached hydrogens (tertiary/aromatic N) is 1. The molecule has 170 valence electrons. The van der Waals surface area contributed by atoms with Gasteiger partial charge in [0, 0.05) is 24.9 Å². The topological polar surface area (TPSA) is 137 Å². The zero-order valence-electron chi connectivity index (χ0n) is 17.2. The van der Waals surface area contributed by atoms with Crippen LogP contribution in [-0.2, 0) is 24.3 Å². The molecule has 1 heterocycles.